The van der Waals surface area contributed by atoms with E-state index in [1.807, 2.05) is 0 Å². The number of carbonyl (C=O) groups excluding carboxylic acids is 4. The Morgan fingerprint density at radius 1 is 0.235 bits per heavy atom. The summed E-state index contributed by atoms with van der Waals surface area (Å²) in [5, 5.41) is 20.8. The maximum Gasteiger partial charge on any atom is 2.00 e. The fourth-order valence-electron chi connectivity index (χ4n) is 11.3. The average Bonchev–Trinajstić information content (AvgIpc) is 3.44. The first-order valence-corrected chi connectivity index (χ1v) is 36.0. The Labute approximate surface area is 517 Å². The Hall–Kier alpha value is -1.50. The van der Waals surface area contributed by atoms with Crippen LogP contribution in [0.2, 0.25) is 0 Å². The summed E-state index contributed by atoms with van der Waals surface area (Å²) in [7, 11) is 0. The summed E-state index contributed by atoms with van der Waals surface area (Å²) in [5.74, 6) is -1.80. The molecule has 0 aromatic heterocycles. The van der Waals surface area contributed by atoms with E-state index < -0.39 is 11.9 Å². The zero-order valence-electron chi connectivity index (χ0n) is 55.0. The molecule has 2 unspecified atom stereocenters. The maximum atomic E-state index is 12.4. The van der Waals surface area contributed by atoms with Crippen LogP contribution in [-0.2, 0) is 48.1 Å². The Morgan fingerprint density at radius 3 is 0.593 bits per heavy atom. The van der Waals surface area contributed by atoms with Gasteiger partial charge in [0.2, 0.25) is 0 Å². The first-order valence-electron chi connectivity index (χ1n) is 36.0. The van der Waals surface area contributed by atoms with Crippen LogP contribution in [0.3, 0.4) is 0 Å². The van der Waals surface area contributed by atoms with E-state index in [4.69, 9.17) is 9.47 Å². The summed E-state index contributed by atoms with van der Waals surface area (Å²) in [6.07, 6.45) is 73.9. The second kappa shape index (κ2) is 72.8. The third-order valence-electron chi connectivity index (χ3n) is 16.6. The van der Waals surface area contributed by atoms with E-state index in [0.29, 0.717) is 12.8 Å². The summed E-state index contributed by atoms with van der Waals surface area (Å²) >= 11 is 0. The molecule has 8 nitrogen and oxygen atoms in total. The van der Waals surface area contributed by atoms with Crippen molar-refractivity contribution in [3.05, 3.63) is 0 Å². The van der Waals surface area contributed by atoms with Crippen LogP contribution in [0.5, 0.6) is 0 Å². The van der Waals surface area contributed by atoms with Gasteiger partial charge in [0.05, 0.1) is 0 Å². The van der Waals surface area contributed by atoms with E-state index in [1.54, 1.807) is 0 Å². The third kappa shape index (κ3) is 74.6. The van der Waals surface area contributed by atoms with Gasteiger partial charge in [0.1, 0.15) is 12.2 Å². The maximum absolute atomic E-state index is 12.4. The van der Waals surface area contributed by atoms with Crippen LogP contribution >= 0.6 is 0 Å². The predicted octanol–water partition coefficient (Wildman–Crippen LogP) is 21.6. The predicted molar refractivity (Wildman–Crippen MR) is 339 cm³/mol. The van der Waals surface area contributed by atoms with E-state index in [9.17, 15) is 29.4 Å². The fraction of sp³-hybridized carbons (Fsp3) is 0.944. The molecule has 0 heterocycles. The van der Waals surface area contributed by atoms with Gasteiger partial charge in [0.15, 0.2) is 0 Å². The second-order valence-corrected chi connectivity index (χ2v) is 24.8. The molecule has 0 bridgehead atoms. The van der Waals surface area contributed by atoms with Crippen molar-refractivity contribution in [2.75, 3.05) is 0 Å². The van der Waals surface area contributed by atoms with Crippen molar-refractivity contribution < 1.29 is 58.3 Å². The van der Waals surface area contributed by atoms with Crippen molar-refractivity contribution in [1.82, 2.24) is 0 Å². The minimum absolute atomic E-state index is 0. The standard InChI is InChI=1S/2C36H70O4.Zn/c2*1-3-5-7-8-9-10-11-12-13-14-15-20-23-26-29-33-36(39)40-34(30-6-4-2)31-27-24-21-18-16-17-19-22-25-28-32-35(37)38;/h2*34H,3-33H2,1-2H3,(H,37,38);/q;;+2/p-2. The van der Waals surface area contributed by atoms with Gasteiger partial charge in [0, 0.05) is 24.8 Å². The van der Waals surface area contributed by atoms with E-state index in [1.165, 1.54) is 244 Å². The van der Waals surface area contributed by atoms with Gasteiger partial charge in [0.25, 0.3) is 0 Å². The van der Waals surface area contributed by atoms with Gasteiger partial charge in [-0.2, -0.15) is 0 Å². The monoisotopic (exact) mass is 1190 g/mol. The summed E-state index contributed by atoms with van der Waals surface area (Å²) in [6.45, 7) is 8.98. The Morgan fingerprint density at radius 2 is 0.395 bits per heavy atom. The number of carboxylic acids is 2. The molecule has 0 aromatic carbocycles. The van der Waals surface area contributed by atoms with Gasteiger partial charge in [-0.1, -0.05) is 336 Å². The third-order valence-corrected chi connectivity index (χ3v) is 16.6. The molecular weight excluding hydrogens is 1060 g/mol. The molecule has 0 rings (SSSR count). The molecule has 0 aliphatic carbocycles. The molecule has 0 saturated heterocycles. The molecule has 81 heavy (non-hydrogen) atoms. The van der Waals surface area contributed by atoms with Gasteiger partial charge in [-0.25, -0.2) is 0 Å². The summed E-state index contributed by atoms with van der Waals surface area (Å²) in [4.78, 5) is 45.7. The molecule has 0 radical (unpaired) electrons. The van der Waals surface area contributed by atoms with Gasteiger partial charge in [-0.15, -0.1) is 0 Å². The van der Waals surface area contributed by atoms with E-state index in [0.717, 1.165) is 128 Å². The number of ether oxygens (including phenoxy) is 2. The summed E-state index contributed by atoms with van der Waals surface area (Å²) < 4.78 is 11.8. The minimum atomic E-state index is -0.924. The molecule has 476 valence electrons. The molecule has 0 aliphatic heterocycles. The number of rotatable bonds is 66. The van der Waals surface area contributed by atoms with E-state index in [2.05, 4.69) is 27.7 Å². The smallest absolute Gasteiger partial charge is 0.550 e. The first-order chi connectivity index (χ1) is 39.2. The molecule has 0 saturated carbocycles. The fourth-order valence-corrected chi connectivity index (χ4v) is 11.3. The minimum Gasteiger partial charge on any atom is -0.550 e. The van der Waals surface area contributed by atoms with Crippen molar-refractivity contribution in [1.29, 1.82) is 0 Å². The molecule has 0 amide bonds. The largest absolute Gasteiger partial charge is 2.00 e. The van der Waals surface area contributed by atoms with Crippen molar-refractivity contribution in [3.63, 3.8) is 0 Å². The van der Waals surface area contributed by atoms with Crippen LogP contribution in [0.15, 0.2) is 0 Å². The molecule has 0 N–H and O–H groups in total. The number of hydrogen-bond acceptors (Lipinski definition) is 8. The van der Waals surface area contributed by atoms with Gasteiger partial charge in [-0.05, 0) is 77.0 Å². The van der Waals surface area contributed by atoms with Gasteiger partial charge in [-0.3, -0.25) is 9.59 Å². The van der Waals surface area contributed by atoms with E-state index >= 15 is 0 Å². The molecule has 0 aromatic rings. The average molecular weight is 1200 g/mol. The van der Waals surface area contributed by atoms with Crippen molar-refractivity contribution in [2.45, 2.75) is 438 Å². The first kappa shape index (κ1) is 83.7. The Bertz CT molecular complexity index is 1170. The number of esters is 2. The van der Waals surface area contributed by atoms with Crippen LogP contribution in [0.1, 0.15) is 426 Å². The van der Waals surface area contributed by atoms with Crippen molar-refractivity contribution >= 4 is 23.9 Å². The number of hydrogen-bond donors (Lipinski definition) is 0. The zero-order chi connectivity index (χ0) is 58.7. The SMILES string of the molecule is CCCCCCCCCCCCCCCCCC(=O)OC(CCCC)CCCCCCCCCCCCC(=O)[O-].CCCCCCCCCCCCCCCCCC(=O)OC(CCCC)CCCCCCCCCCCCC(=O)[O-].[Zn+2]. The van der Waals surface area contributed by atoms with Crippen LogP contribution in [0, 0.1) is 0 Å². The van der Waals surface area contributed by atoms with Crippen molar-refractivity contribution in [3.8, 4) is 0 Å². The van der Waals surface area contributed by atoms with E-state index in [-0.39, 0.29) is 56.5 Å². The zero-order valence-corrected chi connectivity index (χ0v) is 57.9. The Balaban J connectivity index is -0.00000148. The number of unbranched alkanes of at least 4 members (excludes halogenated alkanes) is 48. The van der Waals surface area contributed by atoms with Gasteiger partial charge < -0.3 is 29.3 Å². The van der Waals surface area contributed by atoms with Crippen LogP contribution in [0.4, 0.5) is 0 Å². The second-order valence-electron chi connectivity index (χ2n) is 24.8. The van der Waals surface area contributed by atoms with Crippen molar-refractivity contribution in [2.24, 2.45) is 0 Å². The number of carbonyl (C=O) groups is 4. The summed E-state index contributed by atoms with van der Waals surface area (Å²) in [6, 6.07) is 0. The molecule has 0 fully saturated rings. The van der Waals surface area contributed by atoms with Crippen LogP contribution in [0.25, 0.3) is 0 Å². The normalized spacial score (nSPS) is 11.9. The Kier molecular flexibility index (Phi) is 75.2. The molecule has 9 heteroatoms. The topological polar surface area (TPSA) is 133 Å². The van der Waals surface area contributed by atoms with Crippen LogP contribution < -0.4 is 10.2 Å². The number of carboxylic acid groups (broad SMARTS) is 2. The molecule has 0 spiro atoms. The molecule has 0 aliphatic rings. The molecule has 2 atom stereocenters. The molecular formula is C72H138O8Zn. The van der Waals surface area contributed by atoms with Gasteiger partial charge >= 0.3 is 31.4 Å². The quantitative estimate of drug-likeness (QED) is 0.0334. The summed E-state index contributed by atoms with van der Waals surface area (Å²) in [5.41, 5.74) is 0. The number of aliphatic carboxylic acids is 2. The van der Waals surface area contributed by atoms with Crippen LogP contribution in [-0.4, -0.2) is 36.1 Å².